The number of para-hydroxylation sites is 1. The van der Waals surface area contributed by atoms with Gasteiger partial charge in [-0.1, -0.05) is 49.6 Å². The lowest BCUT2D eigenvalue weighted by atomic mass is 10.1. The first-order valence-corrected chi connectivity index (χ1v) is 11.3. The van der Waals surface area contributed by atoms with Gasteiger partial charge in [-0.05, 0) is 38.8 Å². The fraction of sp³-hybridized carbons (Fsp3) is 0.571. The smallest absolute Gasteiger partial charge is 0.230 e. The van der Waals surface area contributed by atoms with Crippen LogP contribution in [0.2, 0.25) is 0 Å². The average molecular weight is 403 g/mol. The van der Waals surface area contributed by atoms with Gasteiger partial charge in [0.05, 0.1) is 17.9 Å². The molecule has 0 saturated heterocycles. The topological polar surface area (TPSA) is 69.0 Å². The zero-order chi connectivity index (χ0) is 19.8. The SMILES string of the molecule is CCOc1ccccc1-c1nnc(SCC(=O)NC2CCCCCC2)n1CC. The first-order chi connectivity index (χ1) is 13.7. The molecule has 1 aromatic carbocycles. The Bertz CT molecular complexity index is 770. The molecule has 2 aromatic rings. The molecule has 1 fully saturated rings. The van der Waals surface area contributed by atoms with Gasteiger partial charge in [-0.3, -0.25) is 4.79 Å². The van der Waals surface area contributed by atoms with Gasteiger partial charge in [0.15, 0.2) is 11.0 Å². The van der Waals surface area contributed by atoms with E-state index in [1.807, 2.05) is 35.8 Å². The number of amides is 1. The van der Waals surface area contributed by atoms with E-state index in [0.717, 1.165) is 41.7 Å². The monoisotopic (exact) mass is 402 g/mol. The first kappa shape index (κ1) is 20.7. The number of nitrogens with one attached hydrogen (secondary N) is 1. The Kier molecular flexibility index (Phi) is 7.77. The predicted molar refractivity (Wildman–Crippen MR) is 113 cm³/mol. The van der Waals surface area contributed by atoms with E-state index in [1.54, 1.807) is 0 Å². The maximum absolute atomic E-state index is 12.4. The van der Waals surface area contributed by atoms with Crippen LogP contribution in [0.1, 0.15) is 52.4 Å². The molecule has 0 bridgehead atoms. The van der Waals surface area contributed by atoms with Crippen molar-refractivity contribution in [2.45, 2.75) is 70.1 Å². The van der Waals surface area contributed by atoms with E-state index in [1.165, 1.54) is 37.4 Å². The number of carbonyl (C=O) groups is 1. The van der Waals surface area contributed by atoms with Crippen molar-refractivity contribution < 1.29 is 9.53 Å². The molecular weight excluding hydrogens is 372 g/mol. The van der Waals surface area contributed by atoms with Gasteiger partial charge in [0.25, 0.3) is 0 Å². The predicted octanol–water partition coefficient (Wildman–Crippen LogP) is 4.29. The number of ether oxygens (including phenoxy) is 1. The van der Waals surface area contributed by atoms with E-state index in [0.29, 0.717) is 18.4 Å². The Morgan fingerprint density at radius 1 is 1.18 bits per heavy atom. The van der Waals surface area contributed by atoms with Crippen LogP contribution in [0.5, 0.6) is 5.75 Å². The van der Waals surface area contributed by atoms with Gasteiger partial charge in [0.1, 0.15) is 5.75 Å². The number of hydrogen-bond donors (Lipinski definition) is 1. The third kappa shape index (κ3) is 5.28. The summed E-state index contributed by atoms with van der Waals surface area (Å²) in [7, 11) is 0. The highest BCUT2D eigenvalue weighted by molar-refractivity contribution is 7.99. The van der Waals surface area contributed by atoms with Gasteiger partial charge < -0.3 is 14.6 Å². The first-order valence-electron chi connectivity index (χ1n) is 10.3. The fourth-order valence-electron chi connectivity index (χ4n) is 3.64. The number of rotatable bonds is 8. The second-order valence-electron chi connectivity index (χ2n) is 7.02. The summed E-state index contributed by atoms with van der Waals surface area (Å²) in [5.74, 6) is 2.02. The highest BCUT2D eigenvalue weighted by Crippen LogP contribution is 2.31. The van der Waals surface area contributed by atoms with Crippen LogP contribution in [0.3, 0.4) is 0 Å². The van der Waals surface area contributed by atoms with E-state index < -0.39 is 0 Å². The minimum atomic E-state index is 0.0822. The zero-order valence-electron chi connectivity index (χ0n) is 16.8. The summed E-state index contributed by atoms with van der Waals surface area (Å²) in [5, 5.41) is 12.7. The van der Waals surface area contributed by atoms with Gasteiger partial charge in [-0.2, -0.15) is 0 Å². The van der Waals surface area contributed by atoms with Crippen LogP contribution < -0.4 is 10.1 Å². The van der Waals surface area contributed by atoms with E-state index in [2.05, 4.69) is 22.4 Å². The molecule has 28 heavy (non-hydrogen) atoms. The summed E-state index contributed by atoms with van der Waals surface area (Å²) >= 11 is 1.44. The fourth-order valence-corrected chi connectivity index (χ4v) is 4.45. The molecule has 3 rings (SSSR count). The number of benzene rings is 1. The Morgan fingerprint density at radius 3 is 2.64 bits per heavy atom. The van der Waals surface area contributed by atoms with Crippen molar-refractivity contribution in [1.82, 2.24) is 20.1 Å². The van der Waals surface area contributed by atoms with Crippen molar-refractivity contribution in [3.8, 4) is 17.1 Å². The lowest BCUT2D eigenvalue weighted by molar-refractivity contribution is -0.119. The molecule has 1 aliphatic carbocycles. The maximum Gasteiger partial charge on any atom is 0.230 e. The molecule has 6 nitrogen and oxygen atoms in total. The Hall–Kier alpha value is -2.02. The van der Waals surface area contributed by atoms with Crippen LogP contribution >= 0.6 is 11.8 Å². The molecular formula is C21H30N4O2S. The number of thioether (sulfide) groups is 1. The summed E-state index contributed by atoms with van der Waals surface area (Å²) in [6.07, 6.45) is 7.19. The van der Waals surface area contributed by atoms with Crippen LogP contribution in [-0.2, 0) is 11.3 Å². The Balaban J connectivity index is 1.66. The quantitative estimate of drug-likeness (QED) is 0.527. The van der Waals surface area contributed by atoms with E-state index in [4.69, 9.17) is 4.74 Å². The molecule has 0 aliphatic heterocycles. The standard InChI is InChI=1S/C21H30N4O2S/c1-3-25-20(17-13-9-10-14-18(17)27-4-2)23-24-21(25)28-15-19(26)22-16-11-7-5-6-8-12-16/h9-10,13-14,16H,3-8,11-12,15H2,1-2H3,(H,22,26). The minimum absolute atomic E-state index is 0.0822. The van der Waals surface area contributed by atoms with Crippen LogP contribution in [0, 0.1) is 0 Å². The molecule has 0 atom stereocenters. The van der Waals surface area contributed by atoms with Crippen molar-refractivity contribution in [3.63, 3.8) is 0 Å². The molecule has 0 radical (unpaired) electrons. The highest BCUT2D eigenvalue weighted by Gasteiger charge is 2.19. The van der Waals surface area contributed by atoms with Gasteiger partial charge in [-0.25, -0.2) is 0 Å². The van der Waals surface area contributed by atoms with Crippen LogP contribution in [0.25, 0.3) is 11.4 Å². The van der Waals surface area contributed by atoms with Crippen molar-refractivity contribution in [3.05, 3.63) is 24.3 Å². The third-order valence-corrected chi connectivity index (χ3v) is 5.98. The largest absolute Gasteiger partial charge is 0.493 e. The molecule has 1 N–H and O–H groups in total. The van der Waals surface area contributed by atoms with Gasteiger partial charge in [0.2, 0.25) is 5.91 Å². The maximum atomic E-state index is 12.4. The molecule has 7 heteroatoms. The average Bonchev–Trinajstić information content (AvgIpc) is 2.94. The molecule has 152 valence electrons. The Labute approximate surface area is 171 Å². The van der Waals surface area contributed by atoms with E-state index >= 15 is 0 Å². The lowest BCUT2D eigenvalue weighted by Crippen LogP contribution is -2.35. The van der Waals surface area contributed by atoms with Gasteiger partial charge in [-0.15, -0.1) is 10.2 Å². The summed E-state index contributed by atoms with van der Waals surface area (Å²) in [6.45, 7) is 5.36. The molecule has 1 saturated carbocycles. The highest BCUT2D eigenvalue weighted by atomic mass is 32.2. The van der Waals surface area contributed by atoms with Crippen LogP contribution in [0.4, 0.5) is 0 Å². The summed E-state index contributed by atoms with van der Waals surface area (Å²) in [4.78, 5) is 12.4. The lowest BCUT2D eigenvalue weighted by Gasteiger charge is -2.16. The number of aromatic nitrogens is 3. The molecule has 1 aliphatic rings. The Morgan fingerprint density at radius 2 is 1.93 bits per heavy atom. The summed E-state index contributed by atoms with van der Waals surface area (Å²) in [6, 6.07) is 8.19. The van der Waals surface area contributed by atoms with Crippen LogP contribution in [0.15, 0.2) is 29.4 Å². The second-order valence-corrected chi connectivity index (χ2v) is 7.97. The molecule has 1 amide bonds. The normalized spacial score (nSPS) is 15.2. The van der Waals surface area contributed by atoms with Crippen molar-refractivity contribution in [2.75, 3.05) is 12.4 Å². The number of hydrogen-bond acceptors (Lipinski definition) is 5. The van der Waals surface area contributed by atoms with Gasteiger partial charge in [0, 0.05) is 12.6 Å². The zero-order valence-corrected chi connectivity index (χ0v) is 17.6. The van der Waals surface area contributed by atoms with Crippen molar-refractivity contribution in [1.29, 1.82) is 0 Å². The van der Waals surface area contributed by atoms with E-state index in [-0.39, 0.29) is 5.91 Å². The summed E-state index contributed by atoms with van der Waals surface area (Å²) in [5.41, 5.74) is 0.924. The summed E-state index contributed by atoms with van der Waals surface area (Å²) < 4.78 is 7.78. The van der Waals surface area contributed by atoms with Gasteiger partial charge >= 0.3 is 0 Å². The molecule has 0 spiro atoms. The van der Waals surface area contributed by atoms with Crippen molar-refractivity contribution >= 4 is 17.7 Å². The van der Waals surface area contributed by atoms with Crippen molar-refractivity contribution in [2.24, 2.45) is 0 Å². The number of nitrogens with zero attached hydrogens (tertiary/aromatic N) is 3. The minimum Gasteiger partial charge on any atom is -0.493 e. The second kappa shape index (κ2) is 10.5. The molecule has 1 heterocycles. The number of carbonyl (C=O) groups excluding carboxylic acids is 1. The van der Waals surface area contributed by atoms with E-state index in [9.17, 15) is 4.79 Å². The van der Waals surface area contributed by atoms with Crippen LogP contribution in [-0.4, -0.2) is 39.1 Å². The third-order valence-electron chi connectivity index (χ3n) is 5.01. The molecule has 1 aromatic heterocycles. The molecule has 0 unspecified atom stereocenters.